The van der Waals surface area contributed by atoms with Gasteiger partial charge in [-0.2, -0.15) is 10.2 Å². The standard InChI is InChI=1S/C21H20N4O2/c26-20-18-9-5-4-8-17(18)19(23-24-20)21(27)25-22-16-12-10-15(11-13-16)14-6-2-1-3-7-14/h1-9,15H,10-13H2,(H,24,26)(H,25,27). The Morgan fingerprint density at radius 3 is 2.41 bits per heavy atom. The molecule has 0 aliphatic heterocycles. The molecule has 1 fully saturated rings. The van der Waals surface area contributed by atoms with E-state index in [1.54, 1.807) is 24.3 Å². The summed E-state index contributed by atoms with van der Waals surface area (Å²) in [6.45, 7) is 0. The normalized spacial score (nSPS) is 16.9. The van der Waals surface area contributed by atoms with E-state index in [4.69, 9.17) is 0 Å². The van der Waals surface area contributed by atoms with Gasteiger partial charge in [0.15, 0.2) is 5.69 Å². The Balaban J connectivity index is 1.44. The van der Waals surface area contributed by atoms with Gasteiger partial charge in [-0.3, -0.25) is 9.59 Å². The van der Waals surface area contributed by atoms with E-state index in [-0.39, 0.29) is 11.3 Å². The maximum absolute atomic E-state index is 12.5. The summed E-state index contributed by atoms with van der Waals surface area (Å²) in [6, 6.07) is 17.4. The second-order valence-electron chi connectivity index (χ2n) is 6.75. The zero-order chi connectivity index (χ0) is 18.6. The molecule has 27 heavy (non-hydrogen) atoms. The minimum Gasteiger partial charge on any atom is -0.267 e. The maximum atomic E-state index is 12.5. The molecule has 1 amide bonds. The van der Waals surface area contributed by atoms with E-state index in [9.17, 15) is 9.59 Å². The molecule has 2 N–H and O–H groups in total. The third-order valence-electron chi connectivity index (χ3n) is 5.06. The topological polar surface area (TPSA) is 87.2 Å². The molecule has 0 spiro atoms. The summed E-state index contributed by atoms with van der Waals surface area (Å²) in [5.74, 6) is 0.130. The average molecular weight is 360 g/mol. The van der Waals surface area contributed by atoms with Crippen molar-refractivity contribution < 1.29 is 4.79 Å². The molecule has 1 aliphatic rings. The molecule has 0 saturated heterocycles. The van der Waals surface area contributed by atoms with Crippen molar-refractivity contribution in [1.29, 1.82) is 0 Å². The van der Waals surface area contributed by atoms with E-state index >= 15 is 0 Å². The molecule has 0 atom stereocenters. The molecular formula is C21H20N4O2. The van der Waals surface area contributed by atoms with E-state index in [1.165, 1.54) is 5.56 Å². The highest BCUT2D eigenvalue weighted by Crippen LogP contribution is 2.31. The van der Waals surface area contributed by atoms with Crippen LogP contribution < -0.4 is 11.0 Å². The van der Waals surface area contributed by atoms with Crippen LogP contribution in [0.3, 0.4) is 0 Å². The Bertz CT molecular complexity index is 1050. The van der Waals surface area contributed by atoms with Crippen LogP contribution in [0.25, 0.3) is 10.8 Å². The predicted octanol–water partition coefficient (Wildman–Crippen LogP) is 3.37. The predicted molar refractivity (Wildman–Crippen MR) is 105 cm³/mol. The number of aromatic amines is 1. The number of hydrazone groups is 1. The number of hydrogen-bond acceptors (Lipinski definition) is 4. The van der Waals surface area contributed by atoms with E-state index in [1.807, 2.05) is 6.07 Å². The van der Waals surface area contributed by atoms with Gasteiger partial charge in [0.2, 0.25) is 0 Å². The summed E-state index contributed by atoms with van der Waals surface area (Å²) in [5, 5.41) is 11.5. The lowest BCUT2D eigenvalue weighted by molar-refractivity contribution is 0.0950. The molecule has 2 aromatic carbocycles. The third kappa shape index (κ3) is 3.65. The molecule has 1 aliphatic carbocycles. The van der Waals surface area contributed by atoms with Gasteiger partial charge < -0.3 is 0 Å². The summed E-state index contributed by atoms with van der Waals surface area (Å²) in [7, 11) is 0. The second kappa shape index (κ2) is 7.53. The SMILES string of the molecule is O=C(NN=C1CCC(c2ccccc2)CC1)c1n[nH]c(=O)c2ccccc12. The molecule has 1 aromatic heterocycles. The highest BCUT2D eigenvalue weighted by molar-refractivity contribution is 6.05. The zero-order valence-electron chi connectivity index (χ0n) is 14.8. The number of amides is 1. The van der Waals surface area contributed by atoms with Crippen LogP contribution in [0.4, 0.5) is 0 Å². The summed E-state index contributed by atoms with van der Waals surface area (Å²) in [5.41, 5.74) is 4.82. The number of nitrogens with zero attached hydrogens (tertiary/aromatic N) is 2. The highest BCUT2D eigenvalue weighted by atomic mass is 16.2. The van der Waals surface area contributed by atoms with Gasteiger partial charge in [-0.15, -0.1) is 0 Å². The Kier molecular flexibility index (Phi) is 4.78. The van der Waals surface area contributed by atoms with Crippen molar-refractivity contribution in [2.75, 3.05) is 0 Å². The number of benzene rings is 2. The number of H-pyrrole nitrogens is 1. The molecule has 3 aromatic rings. The minimum atomic E-state index is -0.417. The lowest BCUT2D eigenvalue weighted by Crippen LogP contribution is -2.25. The number of nitrogens with one attached hydrogen (secondary N) is 2. The number of hydrogen-bond donors (Lipinski definition) is 2. The summed E-state index contributed by atoms with van der Waals surface area (Å²) in [6.07, 6.45) is 3.77. The second-order valence-corrected chi connectivity index (χ2v) is 6.75. The van der Waals surface area contributed by atoms with Crippen molar-refractivity contribution in [2.24, 2.45) is 5.10 Å². The van der Waals surface area contributed by atoms with E-state index < -0.39 is 5.91 Å². The lowest BCUT2D eigenvalue weighted by atomic mass is 9.83. The maximum Gasteiger partial charge on any atom is 0.292 e. The number of rotatable bonds is 3. The first-order chi connectivity index (χ1) is 13.2. The monoisotopic (exact) mass is 360 g/mol. The lowest BCUT2D eigenvalue weighted by Gasteiger charge is -2.23. The van der Waals surface area contributed by atoms with Crippen LogP contribution in [-0.4, -0.2) is 21.8 Å². The van der Waals surface area contributed by atoms with Crippen LogP contribution >= 0.6 is 0 Å². The van der Waals surface area contributed by atoms with Crippen molar-refractivity contribution in [1.82, 2.24) is 15.6 Å². The molecule has 6 heteroatoms. The quantitative estimate of drug-likeness (QED) is 0.702. The molecule has 0 radical (unpaired) electrons. The summed E-state index contributed by atoms with van der Waals surface area (Å²) >= 11 is 0. The van der Waals surface area contributed by atoms with Gasteiger partial charge in [-0.1, -0.05) is 48.5 Å². The number of carbonyl (C=O) groups excluding carboxylic acids is 1. The third-order valence-corrected chi connectivity index (χ3v) is 5.06. The Hall–Kier alpha value is -3.28. The Morgan fingerprint density at radius 1 is 1.00 bits per heavy atom. The number of aromatic nitrogens is 2. The molecule has 0 bridgehead atoms. The smallest absolute Gasteiger partial charge is 0.267 e. The fraction of sp³-hybridized carbons (Fsp3) is 0.238. The van der Waals surface area contributed by atoms with Gasteiger partial charge in [0.05, 0.1) is 5.39 Å². The molecule has 6 nitrogen and oxygen atoms in total. The van der Waals surface area contributed by atoms with Gasteiger partial charge in [0.1, 0.15) is 0 Å². The largest absolute Gasteiger partial charge is 0.292 e. The van der Waals surface area contributed by atoms with Gasteiger partial charge in [-0.05, 0) is 43.2 Å². The van der Waals surface area contributed by atoms with Crippen LogP contribution in [0.5, 0.6) is 0 Å². The van der Waals surface area contributed by atoms with Gasteiger partial charge in [0, 0.05) is 11.1 Å². The number of fused-ring (bicyclic) bond motifs is 1. The molecule has 1 heterocycles. The highest BCUT2D eigenvalue weighted by Gasteiger charge is 2.20. The summed E-state index contributed by atoms with van der Waals surface area (Å²) in [4.78, 5) is 24.3. The minimum absolute atomic E-state index is 0.174. The van der Waals surface area contributed by atoms with Crippen LogP contribution in [0.1, 0.15) is 47.7 Å². The van der Waals surface area contributed by atoms with E-state index in [0.717, 1.165) is 31.4 Å². The van der Waals surface area contributed by atoms with E-state index in [2.05, 4.69) is 45.0 Å². The molecule has 4 rings (SSSR count). The molecule has 0 unspecified atom stereocenters. The van der Waals surface area contributed by atoms with Crippen LogP contribution in [0, 0.1) is 0 Å². The van der Waals surface area contributed by atoms with Crippen LogP contribution in [0.2, 0.25) is 0 Å². The molecular weight excluding hydrogens is 340 g/mol. The van der Waals surface area contributed by atoms with Crippen molar-refractivity contribution in [3.63, 3.8) is 0 Å². The first-order valence-corrected chi connectivity index (χ1v) is 9.10. The van der Waals surface area contributed by atoms with Crippen molar-refractivity contribution in [3.8, 4) is 0 Å². The van der Waals surface area contributed by atoms with Gasteiger partial charge in [0.25, 0.3) is 11.5 Å². The van der Waals surface area contributed by atoms with E-state index in [0.29, 0.717) is 16.7 Å². The zero-order valence-corrected chi connectivity index (χ0v) is 14.8. The summed E-state index contributed by atoms with van der Waals surface area (Å²) < 4.78 is 0. The molecule has 136 valence electrons. The molecule has 1 saturated carbocycles. The Morgan fingerprint density at radius 2 is 1.67 bits per heavy atom. The van der Waals surface area contributed by atoms with Gasteiger partial charge in [-0.25, -0.2) is 10.5 Å². The Labute approximate surface area is 156 Å². The number of carbonyl (C=O) groups is 1. The average Bonchev–Trinajstić information content (AvgIpc) is 2.73. The van der Waals surface area contributed by atoms with Gasteiger partial charge >= 0.3 is 0 Å². The fourth-order valence-electron chi connectivity index (χ4n) is 3.59. The first-order valence-electron chi connectivity index (χ1n) is 9.10. The first kappa shape index (κ1) is 17.1. The van der Waals surface area contributed by atoms with Crippen LogP contribution in [0.15, 0.2) is 64.5 Å². The van der Waals surface area contributed by atoms with Crippen molar-refractivity contribution in [3.05, 3.63) is 76.2 Å². The fourth-order valence-corrected chi connectivity index (χ4v) is 3.59. The van der Waals surface area contributed by atoms with Crippen molar-refractivity contribution >= 4 is 22.4 Å². The van der Waals surface area contributed by atoms with Crippen LogP contribution in [-0.2, 0) is 0 Å². The van der Waals surface area contributed by atoms with Crippen molar-refractivity contribution in [2.45, 2.75) is 31.6 Å².